The van der Waals surface area contributed by atoms with Gasteiger partial charge in [-0.05, 0) is 31.2 Å². The molecule has 0 aliphatic carbocycles. The molecule has 3 aromatic rings. The molecule has 0 spiro atoms. The molecular formula is C13H13N5O2S. The second-order valence-electron chi connectivity index (χ2n) is 4.29. The van der Waals surface area contributed by atoms with E-state index >= 15 is 0 Å². The van der Waals surface area contributed by atoms with Crippen LogP contribution in [0.3, 0.4) is 0 Å². The van der Waals surface area contributed by atoms with Crippen molar-refractivity contribution in [3.05, 3.63) is 41.3 Å². The average molecular weight is 303 g/mol. The molecule has 0 bridgehead atoms. The fourth-order valence-electron chi connectivity index (χ4n) is 1.62. The number of aromatic nitrogens is 5. The molecule has 0 aromatic carbocycles. The summed E-state index contributed by atoms with van der Waals surface area (Å²) in [5.41, 5.74) is 0. The molecule has 0 radical (unpaired) electrons. The van der Waals surface area contributed by atoms with Gasteiger partial charge in [0.15, 0.2) is 0 Å². The van der Waals surface area contributed by atoms with E-state index in [-0.39, 0.29) is 0 Å². The van der Waals surface area contributed by atoms with Crippen molar-refractivity contribution < 1.29 is 8.83 Å². The van der Waals surface area contributed by atoms with E-state index in [1.165, 1.54) is 11.8 Å². The van der Waals surface area contributed by atoms with Gasteiger partial charge in [0.05, 0.1) is 5.75 Å². The SMILES string of the molecule is Cc1ccc(/C=C/c2nc(SCc3nnc(C)o3)n[nH]2)o1. The topological polar surface area (TPSA) is 93.6 Å². The Morgan fingerprint density at radius 1 is 1.19 bits per heavy atom. The fourth-order valence-corrected chi connectivity index (χ4v) is 2.27. The third kappa shape index (κ3) is 3.60. The van der Waals surface area contributed by atoms with Crippen molar-refractivity contribution >= 4 is 23.9 Å². The summed E-state index contributed by atoms with van der Waals surface area (Å²) in [5, 5.41) is 15.3. The number of aryl methyl sites for hydroxylation is 2. The van der Waals surface area contributed by atoms with Gasteiger partial charge >= 0.3 is 0 Å². The summed E-state index contributed by atoms with van der Waals surface area (Å²) in [6, 6.07) is 3.81. The molecule has 0 amide bonds. The maximum Gasteiger partial charge on any atom is 0.226 e. The van der Waals surface area contributed by atoms with Crippen LogP contribution in [0.4, 0.5) is 0 Å². The maximum absolute atomic E-state index is 5.44. The lowest BCUT2D eigenvalue weighted by Crippen LogP contribution is -1.82. The van der Waals surface area contributed by atoms with E-state index in [4.69, 9.17) is 8.83 Å². The van der Waals surface area contributed by atoms with Crippen LogP contribution in [0.2, 0.25) is 0 Å². The highest BCUT2D eigenvalue weighted by Gasteiger charge is 2.07. The van der Waals surface area contributed by atoms with Crippen LogP contribution in [0.15, 0.2) is 26.1 Å². The quantitative estimate of drug-likeness (QED) is 0.724. The van der Waals surface area contributed by atoms with Crippen LogP contribution in [0, 0.1) is 13.8 Å². The number of H-pyrrole nitrogens is 1. The third-order valence-electron chi connectivity index (χ3n) is 2.54. The number of nitrogens with zero attached hydrogens (tertiary/aromatic N) is 4. The average Bonchev–Trinajstić information content (AvgIpc) is 3.16. The zero-order valence-electron chi connectivity index (χ0n) is 11.5. The van der Waals surface area contributed by atoms with Gasteiger partial charge in [0.25, 0.3) is 0 Å². The number of thioether (sulfide) groups is 1. The highest BCUT2D eigenvalue weighted by Crippen LogP contribution is 2.18. The standard InChI is InChI=1S/C13H13N5O2S/c1-8-3-4-10(19-8)5-6-11-14-13(18-16-11)21-7-12-17-15-9(2)20-12/h3-6H,7H2,1-2H3,(H,14,16,18)/b6-5+. The van der Waals surface area contributed by atoms with Crippen molar-refractivity contribution in [1.29, 1.82) is 0 Å². The van der Waals surface area contributed by atoms with Crippen LogP contribution in [0.1, 0.15) is 29.1 Å². The van der Waals surface area contributed by atoms with E-state index < -0.39 is 0 Å². The van der Waals surface area contributed by atoms with Gasteiger partial charge < -0.3 is 8.83 Å². The number of hydrogen-bond acceptors (Lipinski definition) is 7. The Bertz CT molecular complexity index is 758. The number of aromatic amines is 1. The van der Waals surface area contributed by atoms with Gasteiger partial charge in [-0.1, -0.05) is 11.8 Å². The minimum absolute atomic E-state index is 0.541. The van der Waals surface area contributed by atoms with Crippen LogP contribution in [0.25, 0.3) is 12.2 Å². The van der Waals surface area contributed by atoms with E-state index in [0.717, 1.165) is 11.5 Å². The van der Waals surface area contributed by atoms with Crippen LogP contribution >= 0.6 is 11.8 Å². The zero-order chi connectivity index (χ0) is 14.7. The molecule has 1 N–H and O–H groups in total. The maximum atomic E-state index is 5.44. The van der Waals surface area contributed by atoms with E-state index in [0.29, 0.717) is 28.5 Å². The third-order valence-corrected chi connectivity index (χ3v) is 3.37. The lowest BCUT2D eigenvalue weighted by atomic mass is 10.4. The Balaban J connectivity index is 1.59. The summed E-state index contributed by atoms with van der Waals surface area (Å²) in [6.45, 7) is 3.66. The molecule has 0 aliphatic heterocycles. The normalized spacial score (nSPS) is 11.5. The van der Waals surface area contributed by atoms with Gasteiger partial charge in [-0.25, -0.2) is 4.98 Å². The monoisotopic (exact) mass is 303 g/mol. The number of furan rings is 1. The number of nitrogens with one attached hydrogen (secondary N) is 1. The highest BCUT2D eigenvalue weighted by atomic mass is 32.2. The van der Waals surface area contributed by atoms with E-state index in [2.05, 4.69) is 25.4 Å². The van der Waals surface area contributed by atoms with Gasteiger partial charge in [0, 0.05) is 6.92 Å². The van der Waals surface area contributed by atoms with Crippen LogP contribution in [-0.2, 0) is 5.75 Å². The Hall–Kier alpha value is -2.35. The van der Waals surface area contributed by atoms with Crippen molar-refractivity contribution in [2.75, 3.05) is 0 Å². The highest BCUT2D eigenvalue weighted by molar-refractivity contribution is 7.98. The Morgan fingerprint density at radius 3 is 2.81 bits per heavy atom. The largest absolute Gasteiger partial charge is 0.462 e. The molecule has 0 saturated heterocycles. The molecule has 0 fully saturated rings. The first kappa shape index (κ1) is 13.6. The number of rotatable bonds is 5. The molecule has 0 atom stereocenters. The second-order valence-corrected chi connectivity index (χ2v) is 5.23. The molecule has 21 heavy (non-hydrogen) atoms. The van der Waals surface area contributed by atoms with Crippen LogP contribution in [0.5, 0.6) is 0 Å². The summed E-state index contributed by atoms with van der Waals surface area (Å²) >= 11 is 1.43. The molecule has 0 saturated carbocycles. The first-order chi connectivity index (χ1) is 10.2. The Kier molecular flexibility index (Phi) is 3.87. The molecule has 108 valence electrons. The second kappa shape index (κ2) is 5.96. The molecule has 3 rings (SSSR count). The molecule has 7 nitrogen and oxygen atoms in total. The zero-order valence-corrected chi connectivity index (χ0v) is 12.3. The van der Waals surface area contributed by atoms with Gasteiger partial charge in [-0.2, -0.15) is 0 Å². The minimum Gasteiger partial charge on any atom is -0.462 e. The summed E-state index contributed by atoms with van der Waals surface area (Å²) in [6.07, 6.45) is 3.65. The van der Waals surface area contributed by atoms with E-state index in [1.54, 1.807) is 6.92 Å². The van der Waals surface area contributed by atoms with Crippen molar-refractivity contribution in [2.45, 2.75) is 24.8 Å². The van der Waals surface area contributed by atoms with Crippen molar-refractivity contribution in [3.8, 4) is 0 Å². The Morgan fingerprint density at radius 2 is 2.10 bits per heavy atom. The lowest BCUT2D eigenvalue weighted by molar-refractivity contribution is 0.485. The molecule has 3 heterocycles. The predicted molar refractivity (Wildman–Crippen MR) is 77.4 cm³/mol. The molecule has 8 heteroatoms. The van der Waals surface area contributed by atoms with E-state index in [9.17, 15) is 0 Å². The van der Waals surface area contributed by atoms with Gasteiger partial charge in [0.1, 0.15) is 17.3 Å². The fraction of sp³-hybridized carbons (Fsp3) is 0.231. The predicted octanol–water partition coefficient (Wildman–Crippen LogP) is 2.86. The van der Waals surface area contributed by atoms with Crippen molar-refractivity contribution in [2.24, 2.45) is 0 Å². The number of hydrogen-bond donors (Lipinski definition) is 1. The molecular weight excluding hydrogens is 290 g/mol. The first-order valence-electron chi connectivity index (χ1n) is 6.28. The van der Waals surface area contributed by atoms with E-state index in [1.807, 2.05) is 31.2 Å². The Labute approximate surface area is 124 Å². The van der Waals surface area contributed by atoms with Gasteiger partial charge in [-0.3, -0.25) is 5.10 Å². The van der Waals surface area contributed by atoms with Crippen molar-refractivity contribution in [3.63, 3.8) is 0 Å². The molecule has 0 unspecified atom stereocenters. The van der Waals surface area contributed by atoms with Gasteiger partial charge in [-0.15, -0.1) is 15.3 Å². The van der Waals surface area contributed by atoms with Crippen molar-refractivity contribution in [1.82, 2.24) is 25.4 Å². The summed E-state index contributed by atoms with van der Waals surface area (Å²) < 4.78 is 10.7. The molecule has 0 aliphatic rings. The minimum atomic E-state index is 0.541. The summed E-state index contributed by atoms with van der Waals surface area (Å²) in [5.74, 6) is 3.97. The molecule has 3 aromatic heterocycles. The van der Waals surface area contributed by atoms with Crippen LogP contribution < -0.4 is 0 Å². The van der Waals surface area contributed by atoms with Gasteiger partial charge in [0.2, 0.25) is 16.9 Å². The smallest absolute Gasteiger partial charge is 0.226 e. The summed E-state index contributed by atoms with van der Waals surface area (Å²) in [7, 11) is 0. The first-order valence-corrected chi connectivity index (χ1v) is 7.26. The lowest BCUT2D eigenvalue weighted by Gasteiger charge is -1.89. The van der Waals surface area contributed by atoms with Crippen LogP contribution in [-0.4, -0.2) is 25.4 Å². The summed E-state index contributed by atoms with van der Waals surface area (Å²) in [4.78, 5) is 4.33.